The van der Waals surface area contributed by atoms with Crippen molar-refractivity contribution in [2.75, 3.05) is 26.4 Å². The second-order valence-corrected chi connectivity index (χ2v) is 14.3. The topological polar surface area (TPSA) is 77.4 Å². The molecular weight excluding hydrogens is 400 g/mol. The molecule has 0 amide bonds. The predicted octanol–water partition coefficient (Wildman–Crippen LogP) is 2.95. The highest BCUT2D eigenvalue weighted by Crippen LogP contribution is 2.44. The van der Waals surface area contributed by atoms with Crippen LogP contribution in [0.25, 0.3) is 0 Å². The first-order valence-corrected chi connectivity index (χ1v) is 14.3. The SMILES string of the molecule is C=CCOC1OCC2C[C@@H](O)C([Si](C)(C)C)=C21.C=CCOC1OCC2C[C@@H](O)C=C21. The maximum absolute atomic E-state index is 10.2. The molecule has 0 spiro atoms. The fraction of sp³-hybridized carbons (Fsp3) is 0.652. The van der Waals surface area contributed by atoms with Crippen LogP contribution in [0, 0.1) is 11.8 Å². The standard InChI is InChI=1S/C13H22O3Si.C10H14O3/c1-5-6-15-13-11-9(8-16-13)7-10(14)12(11)17(2,3)4;1-2-3-12-10-9-5-8(11)4-7(9)6-13-10/h5,9-10,13-14H,1,6-8H2,2-4H3;2,5,7-8,10-11H,1,3-4,6H2/t9?,10-,13?;7?,8-,10?/m11/s1. The Morgan fingerprint density at radius 1 is 1.00 bits per heavy atom. The van der Waals surface area contributed by atoms with Gasteiger partial charge in [0.05, 0.1) is 46.7 Å². The van der Waals surface area contributed by atoms with Gasteiger partial charge in [0.2, 0.25) is 0 Å². The summed E-state index contributed by atoms with van der Waals surface area (Å²) in [5.41, 5.74) is 2.34. The van der Waals surface area contributed by atoms with Crippen molar-refractivity contribution in [2.24, 2.45) is 11.8 Å². The van der Waals surface area contributed by atoms with Gasteiger partial charge in [0.15, 0.2) is 12.6 Å². The summed E-state index contributed by atoms with van der Waals surface area (Å²) in [6, 6.07) is 0. The van der Waals surface area contributed by atoms with Gasteiger partial charge < -0.3 is 29.2 Å². The van der Waals surface area contributed by atoms with E-state index in [1.54, 1.807) is 12.2 Å². The van der Waals surface area contributed by atoms with Gasteiger partial charge >= 0.3 is 0 Å². The lowest BCUT2D eigenvalue weighted by molar-refractivity contribution is -0.0856. The zero-order chi connectivity index (χ0) is 21.9. The van der Waals surface area contributed by atoms with Gasteiger partial charge in [0.1, 0.15) is 0 Å². The summed E-state index contributed by atoms with van der Waals surface area (Å²) < 4.78 is 22.1. The lowest BCUT2D eigenvalue weighted by Gasteiger charge is -2.25. The molecule has 30 heavy (non-hydrogen) atoms. The molecule has 6 nitrogen and oxygen atoms in total. The Labute approximate surface area is 180 Å². The normalized spacial score (nSPS) is 34.9. The van der Waals surface area contributed by atoms with Crippen LogP contribution in [0.2, 0.25) is 19.6 Å². The lowest BCUT2D eigenvalue weighted by Crippen LogP contribution is -2.32. The molecule has 0 aromatic heterocycles. The van der Waals surface area contributed by atoms with Crippen molar-refractivity contribution < 1.29 is 29.2 Å². The molecular formula is C23H36O6Si. The molecule has 2 N–H and O–H groups in total. The number of aliphatic hydroxyl groups is 2. The minimum atomic E-state index is -1.51. The minimum absolute atomic E-state index is 0.250. The molecule has 2 aliphatic heterocycles. The zero-order valence-corrected chi connectivity index (χ0v) is 19.4. The van der Waals surface area contributed by atoms with E-state index >= 15 is 0 Å². The van der Waals surface area contributed by atoms with Gasteiger partial charge in [-0.2, -0.15) is 0 Å². The predicted molar refractivity (Wildman–Crippen MR) is 118 cm³/mol. The maximum Gasteiger partial charge on any atom is 0.180 e. The van der Waals surface area contributed by atoms with Crippen LogP contribution < -0.4 is 0 Å². The summed E-state index contributed by atoms with van der Waals surface area (Å²) in [7, 11) is -1.51. The van der Waals surface area contributed by atoms with Crippen molar-refractivity contribution in [3.05, 3.63) is 47.7 Å². The third-order valence-electron chi connectivity index (χ3n) is 5.94. The van der Waals surface area contributed by atoms with Gasteiger partial charge in [0, 0.05) is 11.8 Å². The molecule has 0 aromatic carbocycles. The lowest BCUT2D eigenvalue weighted by atomic mass is 10.1. The number of rotatable bonds is 7. The van der Waals surface area contributed by atoms with E-state index in [9.17, 15) is 10.2 Å². The first-order valence-electron chi connectivity index (χ1n) is 10.8. The first kappa shape index (κ1) is 23.6. The summed E-state index contributed by atoms with van der Waals surface area (Å²) in [4.78, 5) is 0. The van der Waals surface area contributed by atoms with Crippen LogP contribution in [0.1, 0.15) is 12.8 Å². The first-order chi connectivity index (χ1) is 14.3. The zero-order valence-electron chi connectivity index (χ0n) is 18.4. The van der Waals surface area contributed by atoms with Gasteiger partial charge in [-0.3, -0.25) is 0 Å². The van der Waals surface area contributed by atoms with E-state index in [4.69, 9.17) is 18.9 Å². The number of aliphatic hydroxyl groups excluding tert-OH is 2. The molecule has 168 valence electrons. The number of hydrogen-bond acceptors (Lipinski definition) is 6. The van der Waals surface area contributed by atoms with E-state index in [1.165, 1.54) is 10.8 Å². The molecule has 4 rings (SSSR count). The highest BCUT2D eigenvalue weighted by molar-refractivity contribution is 6.83. The minimum Gasteiger partial charge on any atom is -0.389 e. The third kappa shape index (κ3) is 5.22. The Bertz CT molecular complexity index is 694. The van der Waals surface area contributed by atoms with Crippen molar-refractivity contribution >= 4 is 8.07 Å². The highest BCUT2D eigenvalue weighted by atomic mass is 28.3. The Balaban J connectivity index is 0.000000177. The van der Waals surface area contributed by atoms with Gasteiger partial charge in [-0.05, 0) is 29.2 Å². The van der Waals surface area contributed by atoms with Gasteiger partial charge in [0.25, 0.3) is 0 Å². The second-order valence-electron chi connectivity index (χ2n) is 9.31. The van der Waals surface area contributed by atoms with Crippen LogP contribution >= 0.6 is 0 Å². The van der Waals surface area contributed by atoms with Crippen LogP contribution in [0.15, 0.2) is 47.7 Å². The summed E-state index contributed by atoms with van der Waals surface area (Å²) in [6.45, 7) is 16.4. The smallest absolute Gasteiger partial charge is 0.180 e. The Hall–Kier alpha value is -1.06. The van der Waals surface area contributed by atoms with E-state index in [1.807, 2.05) is 6.08 Å². The van der Waals surface area contributed by atoms with Crippen molar-refractivity contribution in [3.8, 4) is 0 Å². The number of fused-ring (bicyclic) bond motifs is 2. The summed E-state index contributed by atoms with van der Waals surface area (Å²) in [5.74, 6) is 0.728. The summed E-state index contributed by atoms with van der Waals surface area (Å²) >= 11 is 0. The molecule has 0 saturated carbocycles. The highest BCUT2D eigenvalue weighted by Gasteiger charge is 2.46. The Kier molecular flexibility index (Phi) is 7.90. The van der Waals surface area contributed by atoms with E-state index in [0.717, 1.165) is 18.4 Å². The molecule has 4 unspecified atom stereocenters. The largest absolute Gasteiger partial charge is 0.389 e. The van der Waals surface area contributed by atoms with Crippen LogP contribution in [0.4, 0.5) is 0 Å². The molecule has 0 radical (unpaired) electrons. The van der Waals surface area contributed by atoms with E-state index < -0.39 is 8.07 Å². The van der Waals surface area contributed by atoms with Gasteiger partial charge in [-0.25, -0.2) is 0 Å². The van der Waals surface area contributed by atoms with E-state index in [2.05, 4.69) is 32.8 Å². The van der Waals surface area contributed by atoms with Crippen LogP contribution in [0.5, 0.6) is 0 Å². The van der Waals surface area contributed by atoms with Crippen LogP contribution in [-0.4, -0.2) is 69.5 Å². The van der Waals surface area contributed by atoms with Crippen LogP contribution in [-0.2, 0) is 18.9 Å². The quantitative estimate of drug-likeness (QED) is 0.472. The van der Waals surface area contributed by atoms with Crippen molar-refractivity contribution in [1.29, 1.82) is 0 Å². The number of hydrogen-bond donors (Lipinski definition) is 2. The van der Waals surface area contributed by atoms with Gasteiger partial charge in [-0.15, -0.1) is 13.2 Å². The molecule has 2 saturated heterocycles. The number of ether oxygens (including phenoxy) is 4. The fourth-order valence-corrected chi connectivity index (χ4v) is 7.12. The molecule has 0 aromatic rings. The Morgan fingerprint density at radius 3 is 2.23 bits per heavy atom. The molecule has 7 heteroatoms. The summed E-state index contributed by atoms with van der Waals surface area (Å²) in [5, 5.41) is 20.8. The van der Waals surface area contributed by atoms with Crippen LogP contribution in [0.3, 0.4) is 0 Å². The maximum atomic E-state index is 10.2. The van der Waals surface area contributed by atoms with Crippen molar-refractivity contribution in [3.63, 3.8) is 0 Å². The molecule has 2 fully saturated rings. The molecule has 2 aliphatic carbocycles. The molecule has 4 aliphatic rings. The average Bonchev–Trinajstić information content (AvgIpc) is 3.39. The van der Waals surface area contributed by atoms with Gasteiger partial charge in [-0.1, -0.05) is 37.9 Å². The van der Waals surface area contributed by atoms with E-state index in [-0.39, 0.29) is 24.8 Å². The van der Waals surface area contributed by atoms with Crippen molar-refractivity contribution in [2.45, 2.75) is 57.3 Å². The molecule has 6 atom stereocenters. The van der Waals surface area contributed by atoms with Crippen molar-refractivity contribution in [1.82, 2.24) is 0 Å². The van der Waals surface area contributed by atoms with E-state index in [0.29, 0.717) is 38.3 Å². The fourth-order valence-electron chi connectivity index (χ4n) is 4.81. The summed E-state index contributed by atoms with van der Waals surface area (Å²) in [6.07, 6.45) is 5.79. The average molecular weight is 437 g/mol. The third-order valence-corrected chi connectivity index (χ3v) is 8.17. The second kappa shape index (κ2) is 10.0. The molecule has 0 bridgehead atoms. The monoisotopic (exact) mass is 436 g/mol. The molecule has 2 heterocycles. The Morgan fingerprint density at radius 2 is 1.60 bits per heavy atom.